The summed E-state index contributed by atoms with van der Waals surface area (Å²) >= 11 is 0. The van der Waals surface area contributed by atoms with E-state index in [1.54, 1.807) is 10.7 Å². The molecular weight excluding hydrogens is 167 g/mol. The molecule has 0 atom stereocenters. The van der Waals surface area contributed by atoms with E-state index in [0.29, 0.717) is 13.4 Å². The van der Waals surface area contributed by atoms with Gasteiger partial charge in [0, 0.05) is 18.6 Å². The van der Waals surface area contributed by atoms with Crippen LogP contribution in [0.5, 0.6) is 5.75 Å². The predicted molar refractivity (Wildman–Crippen MR) is 49.3 cm³/mol. The summed E-state index contributed by atoms with van der Waals surface area (Å²) < 4.78 is 6.55. The van der Waals surface area contributed by atoms with E-state index in [1.807, 2.05) is 25.4 Å². The maximum Gasteiger partial charge on any atom is 0.569 e. The van der Waals surface area contributed by atoms with Crippen LogP contribution in [-0.4, -0.2) is 22.5 Å². The van der Waals surface area contributed by atoms with Crippen LogP contribution in [0.25, 0.3) is 10.9 Å². The second-order valence-corrected chi connectivity index (χ2v) is 2.75. The second-order valence-electron chi connectivity index (χ2n) is 2.75. The summed E-state index contributed by atoms with van der Waals surface area (Å²) in [7, 11) is 2.52. The molecule has 13 heavy (non-hydrogen) atoms. The summed E-state index contributed by atoms with van der Waals surface area (Å²) in [6, 6.07) is 5.41. The number of aromatic nitrogens is 2. The van der Waals surface area contributed by atoms with Gasteiger partial charge in [0.15, 0.2) is 0 Å². The standard InChI is InChI=1S/C8H8BN2O2/c1-11-5-6-4-7(13-9-12)2-3-8(6)10-11/h2-5,12H,1H3. The lowest BCUT2D eigenvalue weighted by molar-refractivity contribution is 0.454. The van der Waals surface area contributed by atoms with E-state index >= 15 is 0 Å². The number of hydrogen-bond donors (Lipinski definition) is 1. The third-order valence-corrected chi connectivity index (χ3v) is 1.78. The number of benzene rings is 1. The summed E-state index contributed by atoms with van der Waals surface area (Å²) in [5.74, 6) is 0.600. The fraction of sp³-hybridized carbons (Fsp3) is 0.125. The van der Waals surface area contributed by atoms with Gasteiger partial charge in [0.1, 0.15) is 5.75 Å². The summed E-state index contributed by atoms with van der Waals surface area (Å²) in [4.78, 5) is 0. The molecule has 0 bridgehead atoms. The summed E-state index contributed by atoms with van der Waals surface area (Å²) in [5, 5.41) is 13.6. The minimum atomic E-state index is 0.600. The second kappa shape index (κ2) is 3.10. The van der Waals surface area contributed by atoms with E-state index in [1.165, 1.54) is 0 Å². The van der Waals surface area contributed by atoms with Gasteiger partial charge in [-0.15, -0.1) is 0 Å². The summed E-state index contributed by atoms with van der Waals surface area (Å²) in [5.41, 5.74) is 0.910. The molecule has 4 nitrogen and oxygen atoms in total. The Morgan fingerprint density at radius 1 is 1.54 bits per heavy atom. The number of fused-ring (bicyclic) bond motifs is 1. The normalized spacial score (nSPS) is 10.3. The molecule has 0 aliphatic heterocycles. The number of rotatable bonds is 2. The molecule has 0 saturated carbocycles. The molecule has 65 valence electrons. The van der Waals surface area contributed by atoms with Gasteiger partial charge in [0.2, 0.25) is 0 Å². The molecule has 2 aromatic rings. The van der Waals surface area contributed by atoms with Crippen LogP contribution in [0.2, 0.25) is 0 Å². The van der Waals surface area contributed by atoms with E-state index in [9.17, 15) is 0 Å². The Hall–Kier alpha value is -1.49. The lowest BCUT2D eigenvalue weighted by atomic mass is 10.2. The molecule has 0 spiro atoms. The van der Waals surface area contributed by atoms with Gasteiger partial charge in [-0.05, 0) is 18.2 Å². The molecule has 0 aliphatic carbocycles. The Bertz CT molecular complexity index is 427. The molecule has 5 heteroatoms. The van der Waals surface area contributed by atoms with Crippen molar-refractivity contribution in [2.75, 3.05) is 0 Å². The van der Waals surface area contributed by atoms with Gasteiger partial charge < -0.3 is 9.68 Å². The first-order chi connectivity index (χ1) is 6.29. The van der Waals surface area contributed by atoms with Crippen molar-refractivity contribution in [2.24, 2.45) is 7.05 Å². The molecule has 0 fully saturated rings. The molecule has 0 saturated heterocycles. The van der Waals surface area contributed by atoms with Crippen molar-refractivity contribution in [1.29, 1.82) is 0 Å². The van der Waals surface area contributed by atoms with Crippen LogP contribution in [0.15, 0.2) is 24.4 Å². The highest BCUT2D eigenvalue weighted by molar-refractivity contribution is 6.17. The molecule has 1 aromatic heterocycles. The van der Waals surface area contributed by atoms with Crippen molar-refractivity contribution in [3.05, 3.63) is 24.4 Å². The van der Waals surface area contributed by atoms with Crippen LogP contribution < -0.4 is 4.65 Å². The molecular formula is C8H8BN2O2. The van der Waals surface area contributed by atoms with Crippen molar-refractivity contribution < 1.29 is 9.68 Å². The number of aryl methyl sites for hydroxylation is 1. The van der Waals surface area contributed by atoms with Crippen molar-refractivity contribution in [3.8, 4) is 5.75 Å². The Kier molecular flexibility index (Phi) is 1.94. The lowest BCUT2D eigenvalue weighted by Crippen LogP contribution is -1.98. The van der Waals surface area contributed by atoms with Crippen LogP contribution in [-0.2, 0) is 7.05 Å². The van der Waals surface area contributed by atoms with E-state index < -0.39 is 0 Å². The highest BCUT2D eigenvalue weighted by Crippen LogP contribution is 2.18. The molecule has 1 N–H and O–H groups in total. The zero-order valence-electron chi connectivity index (χ0n) is 7.14. The average Bonchev–Trinajstić information content (AvgIpc) is 2.44. The zero-order chi connectivity index (χ0) is 9.26. The quantitative estimate of drug-likeness (QED) is 0.675. The molecule has 1 heterocycles. The summed E-state index contributed by atoms with van der Waals surface area (Å²) in [6.07, 6.45) is 1.89. The number of hydrogen-bond acceptors (Lipinski definition) is 3. The van der Waals surface area contributed by atoms with E-state index in [2.05, 4.69) is 5.10 Å². The van der Waals surface area contributed by atoms with Crippen LogP contribution in [0.1, 0.15) is 0 Å². The van der Waals surface area contributed by atoms with Crippen molar-refractivity contribution in [1.82, 2.24) is 9.78 Å². The molecule has 1 radical (unpaired) electrons. The maximum absolute atomic E-state index is 8.43. The molecule has 0 amide bonds. The van der Waals surface area contributed by atoms with Crippen LogP contribution in [0.4, 0.5) is 0 Å². The van der Waals surface area contributed by atoms with Gasteiger partial charge in [-0.1, -0.05) is 0 Å². The van der Waals surface area contributed by atoms with Crippen LogP contribution in [0, 0.1) is 0 Å². The zero-order valence-corrected chi connectivity index (χ0v) is 7.14. The molecule has 1 aromatic carbocycles. The average molecular weight is 175 g/mol. The van der Waals surface area contributed by atoms with Crippen molar-refractivity contribution in [3.63, 3.8) is 0 Å². The third-order valence-electron chi connectivity index (χ3n) is 1.78. The highest BCUT2D eigenvalue weighted by Gasteiger charge is 2.00. The largest absolute Gasteiger partial charge is 0.569 e. The van der Waals surface area contributed by atoms with Crippen LogP contribution in [0.3, 0.4) is 0 Å². The van der Waals surface area contributed by atoms with E-state index in [4.69, 9.17) is 9.68 Å². The van der Waals surface area contributed by atoms with Gasteiger partial charge in [0.25, 0.3) is 0 Å². The van der Waals surface area contributed by atoms with E-state index in [-0.39, 0.29) is 0 Å². The highest BCUT2D eigenvalue weighted by atomic mass is 16.5. The topological polar surface area (TPSA) is 47.3 Å². The number of nitrogens with zero attached hydrogens (tertiary/aromatic N) is 2. The van der Waals surface area contributed by atoms with Gasteiger partial charge >= 0.3 is 7.69 Å². The third kappa shape index (κ3) is 1.50. The monoisotopic (exact) mass is 175 g/mol. The van der Waals surface area contributed by atoms with Gasteiger partial charge in [0.05, 0.1) is 5.52 Å². The Balaban J connectivity index is 2.48. The predicted octanol–water partition coefficient (Wildman–Crippen LogP) is 0.479. The summed E-state index contributed by atoms with van der Waals surface area (Å²) in [6.45, 7) is 0. The first-order valence-electron chi connectivity index (χ1n) is 3.85. The Morgan fingerprint density at radius 2 is 2.38 bits per heavy atom. The van der Waals surface area contributed by atoms with E-state index in [0.717, 1.165) is 10.9 Å². The Morgan fingerprint density at radius 3 is 3.15 bits per heavy atom. The first kappa shape index (κ1) is 8.13. The molecule has 0 unspecified atom stereocenters. The van der Waals surface area contributed by atoms with Crippen LogP contribution >= 0.6 is 0 Å². The van der Waals surface area contributed by atoms with Gasteiger partial charge in [-0.3, -0.25) is 4.68 Å². The van der Waals surface area contributed by atoms with Crippen molar-refractivity contribution >= 4 is 18.6 Å². The smallest absolute Gasteiger partial charge is 0.537 e. The lowest BCUT2D eigenvalue weighted by Gasteiger charge is -1.99. The first-order valence-corrected chi connectivity index (χ1v) is 3.85. The van der Waals surface area contributed by atoms with Crippen molar-refractivity contribution in [2.45, 2.75) is 0 Å². The minimum Gasteiger partial charge on any atom is -0.537 e. The fourth-order valence-electron chi connectivity index (χ4n) is 1.26. The minimum absolute atomic E-state index is 0.600. The van der Waals surface area contributed by atoms with Gasteiger partial charge in [-0.2, -0.15) is 5.10 Å². The maximum atomic E-state index is 8.43. The molecule has 2 rings (SSSR count). The fourth-order valence-corrected chi connectivity index (χ4v) is 1.26. The Labute approximate surface area is 76.1 Å². The SMILES string of the molecule is Cn1cc2cc(O[B]O)ccc2n1. The van der Waals surface area contributed by atoms with Gasteiger partial charge in [-0.25, -0.2) is 0 Å². The molecule has 0 aliphatic rings.